The zero-order valence-corrected chi connectivity index (χ0v) is 18.9. The minimum Gasteiger partial charge on any atom is -0.382 e. The lowest BCUT2D eigenvalue weighted by Gasteiger charge is -2.21. The summed E-state index contributed by atoms with van der Waals surface area (Å²) in [5, 5.41) is 6.39. The van der Waals surface area contributed by atoms with Gasteiger partial charge in [0, 0.05) is 44.8 Å². The van der Waals surface area contributed by atoms with Crippen LogP contribution < -0.4 is 10.6 Å². The molecule has 1 aliphatic heterocycles. The summed E-state index contributed by atoms with van der Waals surface area (Å²) in [7, 11) is 1.69. The molecular formula is C23H38N4O3. The Morgan fingerprint density at radius 2 is 2.17 bits per heavy atom. The lowest BCUT2D eigenvalue weighted by atomic mass is 10.1. The fraction of sp³-hybridized carbons (Fsp3) is 0.652. The molecule has 2 rings (SSSR count). The van der Waals surface area contributed by atoms with Crippen molar-refractivity contribution < 1.29 is 14.3 Å². The highest BCUT2D eigenvalue weighted by molar-refractivity contribution is 5.90. The van der Waals surface area contributed by atoms with Crippen LogP contribution >= 0.6 is 0 Å². The number of hydrogen-bond acceptors (Lipinski definition) is 4. The molecule has 1 aromatic rings. The van der Waals surface area contributed by atoms with Crippen LogP contribution in [0.25, 0.3) is 0 Å². The Balaban J connectivity index is 1.91. The van der Waals surface area contributed by atoms with E-state index in [9.17, 15) is 4.79 Å². The molecule has 0 radical (unpaired) electrons. The Bertz CT molecular complexity index is 678. The molecule has 1 unspecified atom stereocenters. The molecule has 1 fully saturated rings. The van der Waals surface area contributed by atoms with E-state index in [1.54, 1.807) is 7.11 Å². The molecule has 30 heavy (non-hydrogen) atoms. The summed E-state index contributed by atoms with van der Waals surface area (Å²) in [5.74, 6) is 1.85. The minimum atomic E-state index is 0.0508. The van der Waals surface area contributed by atoms with E-state index < -0.39 is 0 Å². The molecule has 7 heteroatoms. The number of hydrogen-bond donors (Lipinski definition) is 2. The van der Waals surface area contributed by atoms with Crippen molar-refractivity contribution in [1.29, 1.82) is 0 Å². The highest BCUT2D eigenvalue weighted by Crippen LogP contribution is 2.18. The number of carbonyl (C=O) groups excluding carboxylic acids is 1. The summed E-state index contributed by atoms with van der Waals surface area (Å²) in [6.07, 6.45) is 1.63. The maximum absolute atomic E-state index is 12.0. The number of nitrogens with zero attached hydrogens (tertiary/aromatic N) is 2. The Hall–Kier alpha value is -2.12. The van der Waals surface area contributed by atoms with Crippen molar-refractivity contribution in [2.45, 2.75) is 40.2 Å². The van der Waals surface area contributed by atoms with E-state index in [1.165, 1.54) is 0 Å². The monoisotopic (exact) mass is 418 g/mol. The third kappa shape index (κ3) is 8.71. The van der Waals surface area contributed by atoms with E-state index >= 15 is 0 Å². The van der Waals surface area contributed by atoms with Crippen LogP contribution in [0, 0.1) is 11.8 Å². The third-order valence-electron chi connectivity index (χ3n) is 4.92. The number of aliphatic imine (C=N–C) groups is 1. The van der Waals surface area contributed by atoms with Crippen molar-refractivity contribution in [2.24, 2.45) is 16.8 Å². The van der Waals surface area contributed by atoms with Crippen molar-refractivity contribution in [2.75, 3.05) is 51.9 Å². The van der Waals surface area contributed by atoms with Crippen LogP contribution in [0.3, 0.4) is 0 Å². The maximum Gasteiger partial charge on any atom is 0.224 e. The van der Waals surface area contributed by atoms with Crippen LogP contribution in [0.15, 0.2) is 29.3 Å². The van der Waals surface area contributed by atoms with E-state index in [2.05, 4.69) is 22.5 Å². The molecule has 1 heterocycles. The highest BCUT2D eigenvalue weighted by Gasteiger charge is 2.24. The number of amides is 1. The molecule has 0 aliphatic carbocycles. The summed E-state index contributed by atoms with van der Waals surface area (Å²) in [5.41, 5.74) is 1.90. The van der Waals surface area contributed by atoms with Crippen molar-refractivity contribution in [1.82, 2.24) is 10.2 Å². The van der Waals surface area contributed by atoms with Gasteiger partial charge in [0.2, 0.25) is 5.91 Å². The molecule has 1 amide bonds. The molecule has 0 aromatic heterocycles. The standard InChI is InChI=1S/C23H38N4O3/c1-5-24-23(27-10-9-20(16-27)17-30-12-11-29-4)25-15-19-7-6-8-21(14-19)26-22(28)13-18(2)3/h6-8,14,18,20H,5,9-13,15-17H2,1-4H3,(H,24,25)(H,26,28). The Kier molecular flexibility index (Phi) is 10.7. The van der Waals surface area contributed by atoms with Crippen LogP contribution in [-0.2, 0) is 20.8 Å². The second-order valence-electron chi connectivity index (χ2n) is 8.19. The first-order valence-corrected chi connectivity index (χ1v) is 11.0. The van der Waals surface area contributed by atoms with Crippen LogP contribution in [0.4, 0.5) is 5.69 Å². The molecule has 1 aromatic carbocycles. The van der Waals surface area contributed by atoms with E-state index in [4.69, 9.17) is 14.5 Å². The van der Waals surface area contributed by atoms with Gasteiger partial charge in [-0.25, -0.2) is 4.99 Å². The van der Waals surface area contributed by atoms with Crippen LogP contribution in [-0.4, -0.2) is 63.3 Å². The summed E-state index contributed by atoms with van der Waals surface area (Å²) >= 11 is 0. The molecule has 0 spiro atoms. The van der Waals surface area contributed by atoms with Gasteiger partial charge < -0.3 is 25.0 Å². The minimum absolute atomic E-state index is 0.0508. The number of anilines is 1. The average Bonchev–Trinajstić information content (AvgIpc) is 3.17. The van der Waals surface area contributed by atoms with Gasteiger partial charge in [0.15, 0.2) is 5.96 Å². The quantitative estimate of drug-likeness (QED) is 0.328. The van der Waals surface area contributed by atoms with Gasteiger partial charge in [-0.05, 0) is 37.0 Å². The first kappa shape index (κ1) is 24.2. The summed E-state index contributed by atoms with van der Waals surface area (Å²) in [6.45, 7) is 11.5. The topological polar surface area (TPSA) is 75.2 Å². The van der Waals surface area contributed by atoms with Gasteiger partial charge in [0.1, 0.15) is 0 Å². The van der Waals surface area contributed by atoms with Gasteiger partial charge >= 0.3 is 0 Å². The highest BCUT2D eigenvalue weighted by atomic mass is 16.5. The fourth-order valence-electron chi connectivity index (χ4n) is 3.48. The van der Waals surface area contributed by atoms with Gasteiger partial charge in [-0.2, -0.15) is 0 Å². The number of ether oxygens (including phenoxy) is 2. The SMILES string of the molecule is CCNC(=NCc1cccc(NC(=O)CC(C)C)c1)N1CCC(COCCOC)C1. The molecule has 7 nitrogen and oxygen atoms in total. The van der Waals surface area contributed by atoms with E-state index in [-0.39, 0.29) is 5.91 Å². The molecule has 168 valence electrons. The number of benzene rings is 1. The smallest absolute Gasteiger partial charge is 0.224 e. The number of likely N-dealkylation sites (tertiary alicyclic amines) is 1. The maximum atomic E-state index is 12.0. The van der Waals surface area contributed by atoms with Crippen molar-refractivity contribution in [3.8, 4) is 0 Å². The number of carbonyl (C=O) groups is 1. The number of rotatable bonds is 11. The first-order valence-electron chi connectivity index (χ1n) is 11.0. The lowest BCUT2D eigenvalue weighted by Crippen LogP contribution is -2.40. The van der Waals surface area contributed by atoms with Crippen molar-refractivity contribution in [3.05, 3.63) is 29.8 Å². The summed E-state index contributed by atoms with van der Waals surface area (Å²) in [4.78, 5) is 19.2. The number of methoxy groups -OCH3 is 1. The second kappa shape index (κ2) is 13.2. The van der Waals surface area contributed by atoms with Crippen LogP contribution in [0.5, 0.6) is 0 Å². The molecule has 1 atom stereocenters. The molecule has 1 saturated heterocycles. The van der Waals surface area contributed by atoms with Crippen LogP contribution in [0.1, 0.15) is 39.2 Å². The van der Waals surface area contributed by atoms with Gasteiger partial charge in [-0.15, -0.1) is 0 Å². The van der Waals surface area contributed by atoms with E-state index in [0.29, 0.717) is 38.0 Å². The molecule has 0 bridgehead atoms. The number of nitrogens with one attached hydrogen (secondary N) is 2. The number of guanidine groups is 1. The Morgan fingerprint density at radius 3 is 2.90 bits per heavy atom. The molecule has 2 N–H and O–H groups in total. The van der Waals surface area contributed by atoms with Gasteiger partial charge in [0.05, 0.1) is 26.4 Å². The van der Waals surface area contributed by atoms with Gasteiger partial charge in [-0.1, -0.05) is 26.0 Å². The summed E-state index contributed by atoms with van der Waals surface area (Å²) in [6, 6.07) is 7.93. The zero-order valence-electron chi connectivity index (χ0n) is 18.9. The zero-order chi connectivity index (χ0) is 21.8. The summed E-state index contributed by atoms with van der Waals surface area (Å²) < 4.78 is 10.7. The second-order valence-corrected chi connectivity index (χ2v) is 8.19. The molecule has 0 saturated carbocycles. The Morgan fingerprint density at radius 1 is 1.33 bits per heavy atom. The molecular weight excluding hydrogens is 380 g/mol. The van der Waals surface area contributed by atoms with Crippen LogP contribution in [0.2, 0.25) is 0 Å². The molecule has 1 aliphatic rings. The average molecular weight is 419 g/mol. The first-order chi connectivity index (χ1) is 14.5. The largest absolute Gasteiger partial charge is 0.382 e. The lowest BCUT2D eigenvalue weighted by molar-refractivity contribution is -0.116. The van der Waals surface area contributed by atoms with E-state index in [0.717, 1.165) is 49.9 Å². The Labute approximate surface area is 181 Å². The van der Waals surface area contributed by atoms with Gasteiger partial charge in [0.25, 0.3) is 0 Å². The van der Waals surface area contributed by atoms with Crippen molar-refractivity contribution >= 4 is 17.6 Å². The normalized spacial score (nSPS) is 16.9. The van der Waals surface area contributed by atoms with Gasteiger partial charge in [-0.3, -0.25) is 4.79 Å². The van der Waals surface area contributed by atoms with Crippen molar-refractivity contribution in [3.63, 3.8) is 0 Å². The van der Waals surface area contributed by atoms with E-state index in [1.807, 2.05) is 38.1 Å². The predicted octanol–water partition coefficient (Wildman–Crippen LogP) is 3.12. The fourth-order valence-corrected chi connectivity index (χ4v) is 3.48. The third-order valence-corrected chi connectivity index (χ3v) is 4.92. The predicted molar refractivity (Wildman–Crippen MR) is 122 cm³/mol.